The molecule has 2 atom stereocenters. The molecule has 170 valence electrons. The highest BCUT2D eigenvalue weighted by atomic mass is 35.5. The molecule has 0 amide bonds. The minimum absolute atomic E-state index is 0.0101. The lowest BCUT2D eigenvalue weighted by Crippen LogP contribution is -2.47. The summed E-state index contributed by atoms with van der Waals surface area (Å²) in [6, 6.07) is 18.7. The van der Waals surface area contributed by atoms with Crippen molar-refractivity contribution in [2.45, 2.75) is 35.1 Å². The first-order valence-corrected chi connectivity index (χ1v) is 12.3. The van der Waals surface area contributed by atoms with Crippen LogP contribution in [0.15, 0.2) is 70.5 Å². The zero-order valence-electron chi connectivity index (χ0n) is 17.7. The molecule has 0 aliphatic heterocycles. The third kappa shape index (κ3) is 6.67. The van der Waals surface area contributed by atoms with Gasteiger partial charge in [0.25, 0.3) is 0 Å². The second-order valence-electron chi connectivity index (χ2n) is 7.79. The van der Waals surface area contributed by atoms with E-state index in [-0.39, 0.29) is 19.0 Å². The summed E-state index contributed by atoms with van der Waals surface area (Å²) in [7, 11) is -1.38. The van der Waals surface area contributed by atoms with E-state index in [1.165, 1.54) is 23.4 Å². The van der Waals surface area contributed by atoms with Crippen LogP contribution in [0.5, 0.6) is 0 Å². The fourth-order valence-corrected chi connectivity index (χ4v) is 4.75. The molecule has 0 aliphatic carbocycles. The Morgan fingerprint density at radius 3 is 2.47 bits per heavy atom. The summed E-state index contributed by atoms with van der Waals surface area (Å²) < 4.78 is 30.4. The summed E-state index contributed by atoms with van der Waals surface area (Å²) in [5.41, 5.74) is 8.29. The quantitative estimate of drug-likeness (QED) is 0.343. The van der Waals surface area contributed by atoms with E-state index in [9.17, 15) is 14.1 Å². The van der Waals surface area contributed by atoms with E-state index in [0.29, 0.717) is 29.0 Å². The van der Waals surface area contributed by atoms with Crippen molar-refractivity contribution in [3.8, 4) is 11.1 Å². The van der Waals surface area contributed by atoms with Crippen LogP contribution in [0.2, 0.25) is 5.02 Å². The van der Waals surface area contributed by atoms with Crippen molar-refractivity contribution in [1.82, 2.24) is 0 Å². The van der Waals surface area contributed by atoms with Crippen molar-refractivity contribution < 1.29 is 18.6 Å². The maximum atomic E-state index is 14.9. The van der Waals surface area contributed by atoms with Crippen LogP contribution in [0.3, 0.4) is 0 Å². The molecule has 3 aromatic rings. The smallest absolute Gasteiger partial charge is 0.180 e. The maximum Gasteiger partial charge on any atom is 0.180 e. The summed E-state index contributed by atoms with van der Waals surface area (Å²) in [6.45, 7) is 1.75. The number of aliphatic hydroxyl groups is 1. The van der Waals surface area contributed by atoms with Crippen molar-refractivity contribution in [2.75, 3.05) is 13.2 Å². The van der Waals surface area contributed by atoms with Gasteiger partial charge < -0.3 is 15.4 Å². The molecule has 4 nitrogen and oxygen atoms in total. The van der Waals surface area contributed by atoms with Gasteiger partial charge in [-0.3, -0.25) is 4.57 Å². The number of nitrogens with two attached hydrogens (primary N) is 1. The molecular weight excluding hydrogens is 468 g/mol. The molecule has 0 saturated heterocycles. The van der Waals surface area contributed by atoms with Crippen molar-refractivity contribution in [3.05, 3.63) is 82.6 Å². The van der Waals surface area contributed by atoms with Gasteiger partial charge in [0.15, 0.2) is 8.69 Å². The van der Waals surface area contributed by atoms with Gasteiger partial charge in [-0.15, -0.1) is 0 Å². The molecule has 2 unspecified atom stereocenters. The van der Waals surface area contributed by atoms with Crippen molar-refractivity contribution >= 4 is 32.0 Å². The number of aryl methyl sites for hydroxylation is 2. The van der Waals surface area contributed by atoms with Crippen LogP contribution in [-0.4, -0.2) is 23.9 Å². The standard InChI is InChI=1S/C24H26ClFNO3PS/c1-16-2-6-19(7-3-16)32-20-8-9-21(23(26)13-20)18-5-4-17(22(25)12-18)10-11-24(27,14-28)15-30-31-29/h2-9,12-13,28H,10-11,14-15,27,31H2,1H3. The van der Waals surface area contributed by atoms with E-state index in [1.807, 2.05) is 49.4 Å². The normalized spacial score (nSPS) is 13.5. The number of rotatable bonds is 10. The second kappa shape index (κ2) is 11.5. The van der Waals surface area contributed by atoms with Gasteiger partial charge >= 0.3 is 0 Å². The monoisotopic (exact) mass is 493 g/mol. The largest absolute Gasteiger partial charge is 0.394 e. The summed E-state index contributed by atoms with van der Waals surface area (Å²) in [4.78, 5) is 1.87. The third-order valence-corrected chi connectivity index (χ3v) is 6.86. The molecule has 0 aliphatic rings. The molecule has 0 aromatic heterocycles. The fourth-order valence-electron chi connectivity index (χ4n) is 3.23. The van der Waals surface area contributed by atoms with Crippen molar-refractivity contribution in [1.29, 1.82) is 0 Å². The molecule has 0 spiro atoms. The van der Waals surface area contributed by atoms with E-state index >= 15 is 0 Å². The van der Waals surface area contributed by atoms with Crippen LogP contribution in [0.4, 0.5) is 4.39 Å². The van der Waals surface area contributed by atoms with Gasteiger partial charge in [-0.2, -0.15) is 0 Å². The van der Waals surface area contributed by atoms with Crippen LogP contribution in [0.1, 0.15) is 17.5 Å². The Morgan fingerprint density at radius 1 is 1.12 bits per heavy atom. The molecule has 32 heavy (non-hydrogen) atoms. The lowest BCUT2D eigenvalue weighted by molar-refractivity contribution is 0.133. The summed E-state index contributed by atoms with van der Waals surface area (Å²) in [5, 5.41) is 10.0. The van der Waals surface area contributed by atoms with Crippen LogP contribution in [0, 0.1) is 12.7 Å². The Kier molecular flexibility index (Phi) is 8.95. The maximum absolute atomic E-state index is 14.9. The van der Waals surface area contributed by atoms with Gasteiger partial charge in [0.05, 0.1) is 18.8 Å². The van der Waals surface area contributed by atoms with Gasteiger partial charge in [-0.25, -0.2) is 4.39 Å². The van der Waals surface area contributed by atoms with Crippen molar-refractivity contribution in [3.63, 3.8) is 0 Å². The number of hydrogen-bond acceptors (Lipinski definition) is 5. The van der Waals surface area contributed by atoms with E-state index in [0.717, 1.165) is 15.4 Å². The van der Waals surface area contributed by atoms with Gasteiger partial charge in [-0.1, -0.05) is 59.3 Å². The molecule has 0 radical (unpaired) electrons. The number of hydrogen-bond donors (Lipinski definition) is 2. The van der Waals surface area contributed by atoms with E-state index in [2.05, 4.69) is 0 Å². The van der Waals surface area contributed by atoms with Crippen LogP contribution >= 0.6 is 32.0 Å². The highest BCUT2D eigenvalue weighted by molar-refractivity contribution is 7.99. The molecule has 3 aromatic carbocycles. The first-order chi connectivity index (χ1) is 15.3. The van der Waals surface area contributed by atoms with Crippen molar-refractivity contribution in [2.24, 2.45) is 5.73 Å². The Bertz CT molecular complexity index is 1080. The van der Waals surface area contributed by atoms with Crippen LogP contribution in [-0.2, 0) is 15.5 Å². The Hall–Kier alpha value is -1.66. The van der Waals surface area contributed by atoms with Gasteiger partial charge in [0.1, 0.15) is 5.82 Å². The molecule has 8 heteroatoms. The molecule has 3 rings (SSSR count). The predicted molar refractivity (Wildman–Crippen MR) is 131 cm³/mol. The average Bonchev–Trinajstić information content (AvgIpc) is 2.78. The Morgan fingerprint density at radius 2 is 1.84 bits per heavy atom. The number of benzene rings is 3. The summed E-state index contributed by atoms with van der Waals surface area (Å²) in [6.07, 6.45) is 0.906. The highest BCUT2D eigenvalue weighted by Gasteiger charge is 2.24. The topological polar surface area (TPSA) is 72.6 Å². The SMILES string of the molecule is Cc1ccc(Sc2ccc(-c3ccc(CCC(N)(CO)CO[PH2]=O)c(Cl)c3)c(F)c2)cc1. The first kappa shape index (κ1) is 25.0. The fraction of sp³-hybridized carbons (Fsp3) is 0.250. The Balaban J connectivity index is 1.72. The lowest BCUT2D eigenvalue weighted by atomic mass is 9.93. The predicted octanol–water partition coefficient (Wildman–Crippen LogP) is 5.92. The van der Waals surface area contributed by atoms with Gasteiger partial charge in [-0.05, 0) is 61.2 Å². The molecule has 0 heterocycles. The van der Waals surface area contributed by atoms with Crippen LogP contribution in [0.25, 0.3) is 11.1 Å². The minimum Gasteiger partial charge on any atom is -0.394 e. The second-order valence-corrected chi connectivity index (χ2v) is 9.87. The average molecular weight is 494 g/mol. The molecular formula is C24H26ClFNO3PS. The lowest BCUT2D eigenvalue weighted by Gasteiger charge is -2.26. The van der Waals surface area contributed by atoms with E-state index in [4.69, 9.17) is 21.9 Å². The van der Waals surface area contributed by atoms with Gasteiger partial charge in [0.2, 0.25) is 0 Å². The minimum atomic E-state index is -1.38. The zero-order chi connectivity index (χ0) is 23.1. The van der Waals surface area contributed by atoms with E-state index < -0.39 is 14.2 Å². The number of aliphatic hydroxyl groups excluding tert-OH is 1. The Labute approximate surface area is 198 Å². The van der Waals surface area contributed by atoms with E-state index in [1.54, 1.807) is 12.1 Å². The zero-order valence-corrected chi connectivity index (χ0v) is 20.4. The highest BCUT2D eigenvalue weighted by Crippen LogP contribution is 2.33. The van der Waals surface area contributed by atoms with Crippen LogP contribution < -0.4 is 5.73 Å². The number of halogens is 2. The summed E-state index contributed by atoms with van der Waals surface area (Å²) in [5.74, 6) is -0.315. The molecule has 3 N–H and O–H groups in total. The first-order valence-electron chi connectivity index (χ1n) is 10.1. The third-order valence-electron chi connectivity index (χ3n) is 5.21. The molecule has 0 fully saturated rings. The van der Waals surface area contributed by atoms with Gasteiger partial charge in [0, 0.05) is 20.4 Å². The summed E-state index contributed by atoms with van der Waals surface area (Å²) >= 11 is 7.96. The molecule has 0 bridgehead atoms. The molecule has 0 saturated carbocycles.